The van der Waals surface area contributed by atoms with Crippen molar-refractivity contribution in [2.75, 3.05) is 7.05 Å². The van der Waals surface area contributed by atoms with Gasteiger partial charge >= 0.3 is 0 Å². The molecule has 1 N–H and O–H groups in total. The molecule has 2 heterocycles. The lowest BCUT2D eigenvalue weighted by molar-refractivity contribution is 0.0779. The third-order valence-electron chi connectivity index (χ3n) is 2.16. The van der Waals surface area contributed by atoms with E-state index in [1.807, 2.05) is 0 Å². The van der Waals surface area contributed by atoms with Gasteiger partial charge in [0.25, 0.3) is 5.91 Å². The van der Waals surface area contributed by atoms with Crippen LogP contribution in [0, 0.1) is 0 Å². The Morgan fingerprint density at radius 3 is 2.82 bits per heavy atom. The first-order chi connectivity index (χ1) is 8.16. The topological polar surface area (TPSA) is 74.8 Å². The van der Waals surface area contributed by atoms with Crippen molar-refractivity contribution in [1.29, 1.82) is 0 Å². The van der Waals surface area contributed by atoms with E-state index in [1.165, 1.54) is 17.3 Å². The molecule has 17 heavy (non-hydrogen) atoms. The zero-order chi connectivity index (χ0) is 12.3. The van der Waals surface area contributed by atoms with E-state index in [0.29, 0.717) is 6.54 Å². The molecule has 2 aromatic heterocycles. The molecule has 0 unspecified atom stereocenters. The first-order valence-corrected chi connectivity index (χ1v) is 5.25. The predicted molar refractivity (Wildman–Crippen MR) is 61.4 cm³/mol. The molecule has 0 aliphatic heterocycles. The summed E-state index contributed by atoms with van der Waals surface area (Å²) in [5, 5.41) is 6.76. The van der Waals surface area contributed by atoms with Crippen LogP contribution in [0.25, 0.3) is 0 Å². The monoisotopic (exact) mass is 251 g/mol. The molecule has 0 spiro atoms. The molecule has 0 aromatic carbocycles. The average Bonchev–Trinajstić information content (AvgIpc) is 2.82. The van der Waals surface area contributed by atoms with Gasteiger partial charge in [-0.2, -0.15) is 5.10 Å². The number of carbonyl (C=O) groups excluding carboxylic acids is 1. The van der Waals surface area contributed by atoms with Crippen LogP contribution >= 0.6 is 11.6 Å². The lowest BCUT2D eigenvalue weighted by Gasteiger charge is -2.15. The number of nitrogens with zero attached hydrogens (tertiary/aromatic N) is 4. The lowest BCUT2D eigenvalue weighted by Crippen LogP contribution is -2.26. The van der Waals surface area contributed by atoms with E-state index in [2.05, 4.69) is 20.2 Å². The van der Waals surface area contributed by atoms with Crippen LogP contribution < -0.4 is 0 Å². The van der Waals surface area contributed by atoms with Crippen LogP contribution in [0.5, 0.6) is 0 Å². The smallest absolute Gasteiger partial charge is 0.274 e. The Labute approximate surface area is 103 Å². The van der Waals surface area contributed by atoms with Gasteiger partial charge in [0.15, 0.2) is 0 Å². The number of aromatic nitrogens is 4. The van der Waals surface area contributed by atoms with E-state index >= 15 is 0 Å². The number of aromatic amines is 1. The molecular formula is C10H10ClN5O. The van der Waals surface area contributed by atoms with Gasteiger partial charge in [0.05, 0.1) is 18.6 Å². The molecule has 0 saturated heterocycles. The number of hydrogen-bond acceptors (Lipinski definition) is 4. The van der Waals surface area contributed by atoms with Crippen LogP contribution in [-0.2, 0) is 6.54 Å². The Morgan fingerprint density at radius 2 is 2.24 bits per heavy atom. The van der Waals surface area contributed by atoms with Gasteiger partial charge in [-0.15, -0.1) is 0 Å². The highest BCUT2D eigenvalue weighted by molar-refractivity contribution is 6.29. The highest BCUT2D eigenvalue weighted by Gasteiger charge is 2.14. The summed E-state index contributed by atoms with van der Waals surface area (Å²) < 4.78 is 0. The molecule has 1 amide bonds. The van der Waals surface area contributed by atoms with E-state index in [0.717, 1.165) is 5.56 Å². The highest BCUT2D eigenvalue weighted by Crippen LogP contribution is 2.06. The summed E-state index contributed by atoms with van der Waals surface area (Å²) in [6.45, 7) is 0.458. The fourth-order valence-electron chi connectivity index (χ4n) is 1.33. The zero-order valence-corrected chi connectivity index (χ0v) is 9.85. The van der Waals surface area contributed by atoms with Crippen molar-refractivity contribution in [2.24, 2.45) is 0 Å². The molecule has 0 atom stereocenters. The summed E-state index contributed by atoms with van der Waals surface area (Å²) in [5.41, 5.74) is 1.18. The Hall–Kier alpha value is -1.95. The molecule has 2 rings (SSSR count). The summed E-state index contributed by atoms with van der Waals surface area (Å²) in [7, 11) is 1.69. The van der Waals surface area contributed by atoms with Crippen LogP contribution in [0.3, 0.4) is 0 Å². The van der Waals surface area contributed by atoms with Gasteiger partial charge in [-0.3, -0.25) is 9.89 Å². The molecule has 0 bridgehead atoms. The zero-order valence-electron chi connectivity index (χ0n) is 9.09. The van der Waals surface area contributed by atoms with E-state index in [9.17, 15) is 4.79 Å². The lowest BCUT2D eigenvalue weighted by atomic mass is 10.3. The van der Waals surface area contributed by atoms with Crippen molar-refractivity contribution in [3.63, 3.8) is 0 Å². The van der Waals surface area contributed by atoms with Crippen molar-refractivity contribution < 1.29 is 4.79 Å². The van der Waals surface area contributed by atoms with Gasteiger partial charge < -0.3 is 4.90 Å². The maximum absolute atomic E-state index is 11.9. The first kappa shape index (κ1) is 11.5. The van der Waals surface area contributed by atoms with E-state index in [1.54, 1.807) is 19.4 Å². The highest BCUT2D eigenvalue weighted by atomic mass is 35.5. The van der Waals surface area contributed by atoms with Crippen molar-refractivity contribution in [3.05, 3.63) is 41.2 Å². The standard InChI is InChI=1S/C10H10ClN5O/c1-16(6-7-2-14-15-3-7)10(17)8-4-13-9(11)5-12-8/h2-5H,6H2,1H3,(H,14,15). The molecule has 0 radical (unpaired) electrons. The molecule has 0 aliphatic rings. The number of H-pyrrole nitrogens is 1. The Balaban J connectivity index is 2.07. The molecule has 0 saturated carbocycles. The van der Waals surface area contributed by atoms with Gasteiger partial charge in [-0.25, -0.2) is 9.97 Å². The minimum atomic E-state index is -0.213. The molecule has 6 nitrogen and oxygen atoms in total. The van der Waals surface area contributed by atoms with Gasteiger partial charge in [-0.1, -0.05) is 11.6 Å². The molecule has 2 aromatic rings. The van der Waals surface area contributed by atoms with E-state index in [4.69, 9.17) is 11.6 Å². The third-order valence-corrected chi connectivity index (χ3v) is 2.36. The largest absolute Gasteiger partial charge is 0.336 e. The number of halogens is 1. The maximum atomic E-state index is 11.9. The molecule has 7 heteroatoms. The van der Waals surface area contributed by atoms with Gasteiger partial charge in [0.1, 0.15) is 10.8 Å². The number of hydrogen-bond donors (Lipinski definition) is 1. The SMILES string of the molecule is CN(Cc1cn[nH]c1)C(=O)c1cnc(Cl)cn1. The molecule has 0 aliphatic carbocycles. The third kappa shape index (κ3) is 2.79. The Morgan fingerprint density at radius 1 is 1.41 bits per heavy atom. The summed E-state index contributed by atoms with van der Waals surface area (Å²) >= 11 is 5.60. The van der Waals surface area contributed by atoms with Crippen LogP contribution in [0.4, 0.5) is 0 Å². The second kappa shape index (κ2) is 4.92. The maximum Gasteiger partial charge on any atom is 0.274 e. The second-order valence-electron chi connectivity index (χ2n) is 3.49. The molecular weight excluding hydrogens is 242 g/mol. The van der Waals surface area contributed by atoms with Crippen LogP contribution in [0.1, 0.15) is 16.1 Å². The quantitative estimate of drug-likeness (QED) is 0.887. The van der Waals surface area contributed by atoms with Gasteiger partial charge in [-0.05, 0) is 0 Å². The summed E-state index contributed by atoms with van der Waals surface area (Å²) in [6.07, 6.45) is 6.10. The number of nitrogens with one attached hydrogen (secondary N) is 1. The van der Waals surface area contributed by atoms with E-state index in [-0.39, 0.29) is 16.8 Å². The van der Waals surface area contributed by atoms with Crippen LogP contribution in [0.15, 0.2) is 24.8 Å². The minimum absolute atomic E-state index is 0.213. The number of amides is 1. The molecule has 88 valence electrons. The summed E-state index contributed by atoms with van der Waals surface area (Å²) in [4.78, 5) is 21.2. The average molecular weight is 252 g/mol. The second-order valence-corrected chi connectivity index (χ2v) is 3.88. The Bertz CT molecular complexity index is 496. The van der Waals surface area contributed by atoms with Crippen LogP contribution in [0.2, 0.25) is 5.15 Å². The molecule has 0 fully saturated rings. The fourth-order valence-corrected chi connectivity index (χ4v) is 1.43. The number of rotatable bonds is 3. The normalized spacial score (nSPS) is 10.2. The first-order valence-electron chi connectivity index (χ1n) is 4.87. The van der Waals surface area contributed by atoms with E-state index < -0.39 is 0 Å². The van der Waals surface area contributed by atoms with Crippen LogP contribution in [-0.4, -0.2) is 38.0 Å². The summed E-state index contributed by atoms with van der Waals surface area (Å²) in [5.74, 6) is -0.213. The van der Waals surface area contributed by atoms with Crippen molar-refractivity contribution in [2.45, 2.75) is 6.54 Å². The summed E-state index contributed by atoms with van der Waals surface area (Å²) in [6, 6.07) is 0. The Kier molecular flexibility index (Phi) is 3.34. The minimum Gasteiger partial charge on any atom is -0.336 e. The number of carbonyl (C=O) groups is 1. The van der Waals surface area contributed by atoms with Gasteiger partial charge in [0.2, 0.25) is 0 Å². The van der Waals surface area contributed by atoms with Crippen molar-refractivity contribution >= 4 is 17.5 Å². The fraction of sp³-hybridized carbons (Fsp3) is 0.200. The van der Waals surface area contributed by atoms with Crippen molar-refractivity contribution in [3.8, 4) is 0 Å². The predicted octanol–water partition coefficient (Wildman–Crippen LogP) is 1.13. The van der Waals surface area contributed by atoms with Crippen molar-refractivity contribution in [1.82, 2.24) is 25.1 Å². The van der Waals surface area contributed by atoms with Gasteiger partial charge in [0, 0.05) is 25.4 Å².